The molecule has 0 fully saturated rings. The van der Waals surface area contributed by atoms with Gasteiger partial charge < -0.3 is 16.2 Å². The number of amides is 1. The lowest BCUT2D eigenvalue weighted by molar-refractivity contribution is 0.0909. The molecule has 0 spiro atoms. The molecular weight excluding hydrogens is 329 g/mol. The van der Waals surface area contributed by atoms with E-state index in [2.05, 4.69) is 10.3 Å². The second-order valence-corrected chi connectivity index (χ2v) is 5.36. The van der Waals surface area contributed by atoms with Gasteiger partial charge in [0.15, 0.2) is 0 Å². The van der Waals surface area contributed by atoms with Crippen molar-refractivity contribution in [2.75, 3.05) is 13.1 Å². The molecule has 2 aromatic rings. The van der Waals surface area contributed by atoms with Crippen LogP contribution in [0.1, 0.15) is 27.2 Å². The topological polar surface area (TPSA) is 88.2 Å². The average molecular weight is 346 g/mol. The number of aliphatic hydroxyl groups is 1. The molecule has 1 aromatic heterocycles. The summed E-state index contributed by atoms with van der Waals surface area (Å²) in [5.41, 5.74) is 5.85. The molecule has 0 aliphatic carbocycles. The van der Waals surface area contributed by atoms with Gasteiger partial charge in [-0.2, -0.15) is 0 Å². The zero-order valence-corrected chi connectivity index (χ0v) is 13.3. The van der Waals surface area contributed by atoms with Crippen LogP contribution in [0, 0.1) is 5.82 Å². The first-order chi connectivity index (χ1) is 10.1. The molecule has 0 saturated heterocycles. The molecule has 0 aliphatic rings. The summed E-state index contributed by atoms with van der Waals surface area (Å²) in [5.74, 6) is -0.900. The summed E-state index contributed by atoms with van der Waals surface area (Å²) in [6.07, 6.45) is -0.479. The van der Waals surface area contributed by atoms with E-state index in [9.17, 15) is 14.3 Å². The fraction of sp³-hybridized carbons (Fsp3) is 0.286. The smallest absolute Gasteiger partial charge is 0.270 e. The number of nitrogens with one attached hydrogen (secondary N) is 1. The number of nitrogens with two attached hydrogens (primary N) is 1. The third kappa shape index (κ3) is 4.74. The average Bonchev–Trinajstić information content (AvgIpc) is 2.94. The molecule has 4 N–H and O–H groups in total. The largest absolute Gasteiger partial charge is 0.386 e. The number of hydrogen-bond donors (Lipinski definition) is 3. The Morgan fingerprint density at radius 2 is 2.18 bits per heavy atom. The van der Waals surface area contributed by atoms with Gasteiger partial charge in [0.1, 0.15) is 11.5 Å². The highest BCUT2D eigenvalue weighted by atomic mass is 35.5. The third-order valence-corrected chi connectivity index (χ3v) is 3.77. The maximum Gasteiger partial charge on any atom is 0.270 e. The molecule has 8 heteroatoms. The second-order valence-electron chi connectivity index (χ2n) is 4.41. The Balaban J connectivity index is 0.00000242. The van der Waals surface area contributed by atoms with Crippen LogP contribution in [0.15, 0.2) is 29.6 Å². The predicted molar refractivity (Wildman–Crippen MR) is 85.8 cm³/mol. The van der Waals surface area contributed by atoms with E-state index in [1.807, 2.05) is 0 Å². The van der Waals surface area contributed by atoms with Crippen molar-refractivity contribution in [3.05, 3.63) is 51.7 Å². The number of aliphatic hydroxyl groups excluding tert-OH is 1. The number of thiazole rings is 1. The summed E-state index contributed by atoms with van der Waals surface area (Å²) in [5, 5.41) is 14.9. The van der Waals surface area contributed by atoms with Crippen molar-refractivity contribution >= 4 is 29.7 Å². The lowest BCUT2D eigenvalue weighted by Crippen LogP contribution is -2.29. The summed E-state index contributed by atoms with van der Waals surface area (Å²) in [4.78, 5) is 16.0. The highest BCUT2D eigenvalue weighted by molar-refractivity contribution is 7.09. The van der Waals surface area contributed by atoms with Gasteiger partial charge in [-0.3, -0.25) is 4.79 Å². The summed E-state index contributed by atoms with van der Waals surface area (Å²) in [6, 6.07) is 5.91. The maximum absolute atomic E-state index is 13.5. The summed E-state index contributed by atoms with van der Waals surface area (Å²) in [7, 11) is 0. The maximum atomic E-state index is 13.5. The van der Waals surface area contributed by atoms with Crippen molar-refractivity contribution in [1.82, 2.24) is 10.3 Å². The van der Waals surface area contributed by atoms with Crippen molar-refractivity contribution in [2.45, 2.75) is 12.5 Å². The zero-order chi connectivity index (χ0) is 15.2. The van der Waals surface area contributed by atoms with Crippen LogP contribution >= 0.6 is 23.7 Å². The number of aromatic nitrogens is 1. The molecule has 1 amide bonds. The van der Waals surface area contributed by atoms with Crippen LogP contribution in [0.25, 0.3) is 0 Å². The first-order valence-corrected chi connectivity index (χ1v) is 7.35. The Labute approximate surface area is 137 Å². The van der Waals surface area contributed by atoms with Crippen molar-refractivity contribution in [3.63, 3.8) is 0 Å². The quantitative estimate of drug-likeness (QED) is 0.743. The van der Waals surface area contributed by atoms with Crippen molar-refractivity contribution in [1.29, 1.82) is 0 Å². The fourth-order valence-electron chi connectivity index (χ4n) is 1.79. The van der Waals surface area contributed by atoms with Gasteiger partial charge in [-0.1, -0.05) is 18.2 Å². The number of benzene rings is 1. The van der Waals surface area contributed by atoms with Gasteiger partial charge in [0.05, 0.1) is 11.1 Å². The van der Waals surface area contributed by atoms with E-state index in [1.165, 1.54) is 23.5 Å². The molecule has 1 unspecified atom stereocenters. The van der Waals surface area contributed by atoms with E-state index in [1.54, 1.807) is 17.5 Å². The number of nitrogens with zero attached hydrogens (tertiary/aromatic N) is 1. The van der Waals surface area contributed by atoms with Crippen LogP contribution in [0.2, 0.25) is 0 Å². The van der Waals surface area contributed by atoms with E-state index < -0.39 is 17.8 Å². The normalized spacial score (nSPS) is 11.6. The molecular formula is C14H17ClFN3O2S. The Hall–Kier alpha value is -1.54. The van der Waals surface area contributed by atoms with Crippen LogP contribution in [0.3, 0.4) is 0 Å². The molecule has 120 valence electrons. The van der Waals surface area contributed by atoms with Gasteiger partial charge in [-0.25, -0.2) is 9.37 Å². The number of rotatable bonds is 6. The van der Waals surface area contributed by atoms with E-state index >= 15 is 0 Å². The number of carbonyl (C=O) groups excluding carboxylic acids is 1. The fourth-order valence-corrected chi connectivity index (χ4v) is 2.58. The van der Waals surface area contributed by atoms with E-state index in [-0.39, 0.29) is 30.2 Å². The van der Waals surface area contributed by atoms with Gasteiger partial charge in [0.25, 0.3) is 5.91 Å². The molecule has 22 heavy (non-hydrogen) atoms. The Bertz CT molecular complexity index is 624. The molecule has 0 radical (unpaired) electrons. The van der Waals surface area contributed by atoms with Crippen LogP contribution in [-0.4, -0.2) is 29.1 Å². The van der Waals surface area contributed by atoms with Crippen molar-refractivity contribution in [3.8, 4) is 0 Å². The lowest BCUT2D eigenvalue weighted by Gasteiger charge is -2.12. The van der Waals surface area contributed by atoms with E-state index in [0.29, 0.717) is 13.0 Å². The summed E-state index contributed by atoms with van der Waals surface area (Å²) in [6.45, 7) is 0.393. The predicted octanol–water partition coefficient (Wildman–Crippen LogP) is 1.67. The second kappa shape index (κ2) is 8.79. The molecule has 0 aliphatic heterocycles. The SMILES string of the molecule is Cl.NCCc1nc(C(=O)NCC(O)c2ccccc2F)cs1. The molecule has 0 saturated carbocycles. The van der Waals surface area contributed by atoms with Crippen LogP contribution in [0.4, 0.5) is 4.39 Å². The Morgan fingerprint density at radius 3 is 2.86 bits per heavy atom. The van der Waals surface area contributed by atoms with Crippen molar-refractivity contribution in [2.24, 2.45) is 5.73 Å². The van der Waals surface area contributed by atoms with Gasteiger partial charge in [0, 0.05) is 23.9 Å². The summed E-state index contributed by atoms with van der Waals surface area (Å²) < 4.78 is 13.5. The number of halogens is 2. The molecule has 1 heterocycles. The first kappa shape index (κ1) is 18.5. The van der Waals surface area contributed by atoms with E-state index in [4.69, 9.17) is 5.73 Å². The molecule has 1 atom stereocenters. The zero-order valence-electron chi connectivity index (χ0n) is 11.7. The van der Waals surface area contributed by atoms with E-state index in [0.717, 1.165) is 5.01 Å². The Kier molecular flexibility index (Phi) is 7.40. The molecule has 0 bridgehead atoms. The van der Waals surface area contributed by atoms with Crippen LogP contribution in [-0.2, 0) is 6.42 Å². The van der Waals surface area contributed by atoms with Gasteiger partial charge >= 0.3 is 0 Å². The van der Waals surface area contributed by atoms with Gasteiger partial charge in [-0.15, -0.1) is 23.7 Å². The Morgan fingerprint density at radius 1 is 1.45 bits per heavy atom. The first-order valence-electron chi connectivity index (χ1n) is 6.47. The third-order valence-electron chi connectivity index (χ3n) is 2.86. The number of hydrogen-bond acceptors (Lipinski definition) is 5. The van der Waals surface area contributed by atoms with Crippen molar-refractivity contribution < 1.29 is 14.3 Å². The number of carbonyl (C=O) groups is 1. The lowest BCUT2D eigenvalue weighted by atomic mass is 10.1. The summed E-state index contributed by atoms with van der Waals surface area (Å²) >= 11 is 1.36. The van der Waals surface area contributed by atoms with Crippen LogP contribution in [0.5, 0.6) is 0 Å². The van der Waals surface area contributed by atoms with Gasteiger partial charge in [0.2, 0.25) is 0 Å². The van der Waals surface area contributed by atoms with Gasteiger partial charge in [-0.05, 0) is 12.6 Å². The monoisotopic (exact) mass is 345 g/mol. The minimum absolute atomic E-state index is 0. The molecule has 5 nitrogen and oxygen atoms in total. The molecule has 2 rings (SSSR count). The highest BCUT2D eigenvalue weighted by Crippen LogP contribution is 2.16. The minimum atomic E-state index is -1.10. The highest BCUT2D eigenvalue weighted by Gasteiger charge is 2.15. The van der Waals surface area contributed by atoms with Crippen LogP contribution < -0.4 is 11.1 Å². The molecule has 1 aromatic carbocycles. The standard InChI is InChI=1S/C14H16FN3O2S.ClH/c15-10-4-2-1-3-9(10)12(19)7-17-14(20)11-8-21-13(18-11)5-6-16;/h1-4,8,12,19H,5-7,16H2,(H,17,20);1H. The minimum Gasteiger partial charge on any atom is -0.386 e.